The number of ether oxygens (including phenoxy) is 1. The van der Waals surface area contributed by atoms with Gasteiger partial charge in [0.1, 0.15) is 22.7 Å². The van der Waals surface area contributed by atoms with Crippen LogP contribution in [0.25, 0.3) is 28.2 Å². The summed E-state index contributed by atoms with van der Waals surface area (Å²) in [5, 5.41) is 5.97. The summed E-state index contributed by atoms with van der Waals surface area (Å²) in [5.74, 6) is 2.09. The molecule has 0 radical (unpaired) electrons. The van der Waals surface area contributed by atoms with E-state index in [2.05, 4.69) is 32.2 Å². The van der Waals surface area contributed by atoms with E-state index in [4.69, 9.17) is 32.5 Å². The van der Waals surface area contributed by atoms with Crippen LogP contribution in [0.1, 0.15) is 42.9 Å². The Morgan fingerprint density at radius 1 is 1.16 bits per heavy atom. The fourth-order valence-electron chi connectivity index (χ4n) is 6.09. The molecule has 1 aromatic carbocycles. The van der Waals surface area contributed by atoms with Crippen LogP contribution in [0.15, 0.2) is 47.4 Å². The number of rotatable bonds is 6. The first-order chi connectivity index (χ1) is 18.4. The first-order valence-corrected chi connectivity index (χ1v) is 13.5. The Hall–Kier alpha value is -3.16. The highest BCUT2D eigenvalue weighted by Gasteiger charge is 2.51. The van der Waals surface area contributed by atoms with Crippen LogP contribution in [0.4, 0.5) is 10.1 Å². The Kier molecular flexibility index (Phi) is 5.64. The lowest BCUT2D eigenvalue weighted by molar-refractivity contribution is 0.0485. The molecular formula is C29H25Cl2FN4O2. The minimum absolute atomic E-state index is 0.272. The molecule has 194 valence electrons. The zero-order chi connectivity index (χ0) is 26.0. The fourth-order valence-corrected chi connectivity index (χ4v) is 6.63. The van der Waals surface area contributed by atoms with Gasteiger partial charge < -0.3 is 14.2 Å². The third-order valence-corrected chi connectivity index (χ3v) is 8.67. The van der Waals surface area contributed by atoms with Crippen LogP contribution in [0.3, 0.4) is 0 Å². The largest absolute Gasteiger partial charge is 0.496 e. The third-order valence-electron chi connectivity index (χ3n) is 8.10. The van der Waals surface area contributed by atoms with Crippen LogP contribution in [0, 0.1) is 17.2 Å². The topological polar surface area (TPSA) is 64.3 Å². The Morgan fingerprint density at radius 2 is 1.92 bits per heavy atom. The number of aromatic nitrogens is 3. The minimum atomic E-state index is -0.322. The molecule has 6 nitrogen and oxygen atoms in total. The van der Waals surface area contributed by atoms with Gasteiger partial charge in [0.2, 0.25) is 0 Å². The highest BCUT2D eigenvalue weighted by molar-refractivity contribution is 6.39. The normalized spacial score (nSPS) is 18.8. The zero-order valence-electron chi connectivity index (χ0n) is 20.8. The number of allylic oxidation sites excluding steroid dienone is 1. The molecule has 1 saturated heterocycles. The average Bonchev–Trinajstić information content (AvgIpc) is 3.62. The lowest BCUT2D eigenvalue weighted by atomic mass is 9.57. The van der Waals surface area contributed by atoms with Gasteiger partial charge in [0.25, 0.3) is 0 Å². The predicted molar refractivity (Wildman–Crippen MR) is 146 cm³/mol. The van der Waals surface area contributed by atoms with Crippen LogP contribution >= 0.6 is 23.2 Å². The van der Waals surface area contributed by atoms with Crippen molar-refractivity contribution in [2.45, 2.75) is 31.6 Å². The number of fused-ring (bicyclic) bond motifs is 1. The lowest BCUT2D eigenvalue weighted by Gasteiger charge is -2.59. The fraction of sp³-hybridized carbons (Fsp3) is 0.345. The molecule has 0 bridgehead atoms. The summed E-state index contributed by atoms with van der Waals surface area (Å²) >= 11 is 12.9. The molecule has 0 unspecified atom stereocenters. The standard InChI is InChI=1S/C29H25Cl2FN4O2/c1-37-24-6-7-34-26-20(24)8-18(9-23(26)32)36-14-29(15-36)10-16(11-29)2-5-19-27(35-38-28(19)17-3-4-17)25-21(30)12-33-13-22(25)31/h2,5-9,12-13,16-17H,3-4,10-11,14-15H2,1H3/b5-2+. The maximum Gasteiger partial charge on any atom is 0.151 e. The van der Waals surface area contributed by atoms with Crippen molar-refractivity contribution in [1.29, 1.82) is 0 Å². The van der Waals surface area contributed by atoms with Gasteiger partial charge in [0, 0.05) is 65.2 Å². The van der Waals surface area contributed by atoms with Gasteiger partial charge in [-0.25, -0.2) is 4.39 Å². The molecule has 0 N–H and O–H groups in total. The van der Waals surface area contributed by atoms with E-state index in [1.807, 2.05) is 6.07 Å². The van der Waals surface area contributed by atoms with E-state index in [1.54, 1.807) is 37.8 Å². The molecule has 3 fully saturated rings. The number of hydrogen-bond acceptors (Lipinski definition) is 6. The molecule has 3 aliphatic rings. The summed E-state index contributed by atoms with van der Waals surface area (Å²) in [7, 11) is 1.59. The summed E-state index contributed by atoms with van der Waals surface area (Å²) in [6.45, 7) is 1.83. The molecule has 38 heavy (non-hydrogen) atoms. The smallest absolute Gasteiger partial charge is 0.151 e. The highest BCUT2D eigenvalue weighted by atomic mass is 35.5. The highest BCUT2D eigenvalue weighted by Crippen LogP contribution is 2.54. The van der Waals surface area contributed by atoms with Crippen LogP contribution < -0.4 is 9.64 Å². The Balaban J connectivity index is 1.07. The van der Waals surface area contributed by atoms with Crippen molar-refractivity contribution in [3.05, 3.63) is 70.1 Å². The van der Waals surface area contributed by atoms with Crippen molar-refractivity contribution in [1.82, 2.24) is 15.1 Å². The number of halogens is 3. The van der Waals surface area contributed by atoms with Gasteiger partial charge in [0.15, 0.2) is 5.82 Å². The van der Waals surface area contributed by atoms with E-state index < -0.39 is 0 Å². The van der Waals surface area contributed by atoms with Gasteiger partial charge >= 0.3 is 0 Å². The molecule has 3 aromatic heterocycles. The van der Waals surface area contributed by atoms with E-state index in [9.17, 15) is 4.39 Å². The molecular weight excluding hydrogens is 526 g/mol. The SMILES string of the molecule is COc1ccnc2c(F)cc(N3CC4(CC(/C=C/c5c(-c6c(Cl)cncc6Cl)noc5C5CC5)C4)C3)cc12. The van der Waals surface area contributed by atoms with E-state index in [0.717, 1.165) is 55.8 Å². The predicted octanol–water partition coefficient (Wildman–Crippen LogP) is 7.55. The maximum absolute atomic E-state index is 14.8. The summed E-state index contributed by atoms with van der Waals surface area (Å²) in [5.41, 5.74) is 3.78. The summed E-state index contributed by atoms with van der Waals surface area (Å²) in [6, 6.07) is 5.33. The summed E-state index contributed by atoms with van der Waals surface area (Å²) < 4.78 is 26.0. The molecule has 2 saturated carbocycles. The number of nitrogens with zero attached hydrogens (tertiary/aromatic N) is 4. The minimum Gasteiger partial charge on any atom is -0.496 e. The molecule has 9 heteroatoms. The molecule has 7 rings (SSSR count). The Morgan fingerprint density at radius 3 is 2.63 bits per heavy atom. The third kappa shape index (κ3) is 3.95. The Bertz CT molecular complexity index is 1560. The van der Waals surface area contributed by atoms with Crippen LogP contribution in [-0.2, 0) is 0 Å². The lowest BCUT2D eigenvalue weighted by Crippen LogP contribution is -2.62. The van der Waals surface area contributed by atoms with Crippen molar-refractivity contribution >= 4 is 45.9 Å². The average molecular weight is 551 g/mol. The van der Waals surface area contributed by atoms with Crippen molar-refractivity contribution in [3.63, 3.8) is 0 Å². The number of pyridine rings is 2. The van der Waals surface area contributed by atoms with Gasteiger partial charge in [0.05, 0.1) is 17.2 Å². The molecule has 0 amide bonds. The van der Waals surface area contributed by atoms with Gasteiger partial charge in [-0.15, -0.1) is 0 Å². The zero-order valence-corrected chi connectivity index (χ0v) is 22.3. The van der Waals surface area contributed by atoms with E-state index in [0.29, 0.717) is 49.8 Å². The molecule has 1 aliphatic heterocycles. The first kappa shape index (κ1) is 23.9. The number of anilines is 1. The van der Waals surface area contributed by atoms with E-state index >= 15 is 0 Å². The molecule has 1 spiro atoms. The number of hydrogen-bond donors (Lipinski definition) is 0. The quantitative estimate of drug-likeness (QED) is 0.247. The second-order valence-corrected chi connectivity index (χ2v) is 11.6. The Labute approximate surface area is 229 Å². The van der Waals surface area contributed by atoms with Crippen LogP contribution in [0.5, 0.6) is 5.75 Å². The second-order valence-electron chi connectivity index (χ2n) is 10.8. The van der Waals surface area contributed by atoms with Crippen molar-refractivity contribution in [2.75, 3.05) is 25.1 Å². The van der Waals surface area contributed by atoms with E-state index in [1.165, 1.54) is 0 Å². The van der Waals surface area contributed by atoms with Crippen molar-refractivity contribution < 1.29 is 13.7 Å². The van der Waals surface area contributed by atoms with Crippen molar-refractivity contribution in [3.8, 4) is 17.0 Å². The number of methoxy groups -OCH3 is 1. The molecule has 0 atom stereocenters. The van der Waals surface area contributed by atoms with Crippen LogP contribution in [0.2, 0.25) is 10.0 Å². The van der Waals surface area contributed by atoms with Gasteiger partial charge in [-0.2, -0.15) is 0 Å². The van der Waals surface area contributed by atoms with Crippen molar-refractivity contribution in [2.24, 2.45) is 11.3 Å². The monoisotopic (exact) mass is 550 g/mol. The second kappa shape index (κ2) is 8.95. The van der Waals surface area contributed by atoms with Gasteiger partial charge in [-0.3, -0.25) is 9.97 Å². The van der Waals surface area contributed by atoms with E-state index in [-0.39, 0.29) is 11.2 Å². The summed E-state index contributed by atoms with van der Waals surface area (Å²) in [4.78, 5) is 10.5. The molecule has 2 aliphatic carbocycles. The summed E-state index contributed by atoms with van der Waals surface area (Å²) in [6.07, 6.45) is 13.5. The molecule has 4 aromatic rings. The molecule has 4 heterocycles. The maximum atomic E-state index is 14.8. The number of benzene rings is 1. The van der Waals surface area contributed by atoms with Crippen LogP contribution in [-0.4, -0.2) is 35.3 Å². The first-order valence-electron chi connectivity index (χ1n) is 12.8. The van der Waals surface area contributed by atoms with Gasteiger partial charge in [-0.05, 0) is 49.8 Å². The van der Waals surface area contributed by atoms with Gasteiger partial charge in [-0.1, -0.05) is 40.5 Å².